The fourth-order valence-electron chi connectivity index (χ4n) is 3.79. The van der Waals surface area contributed by atoms with Crippen LogP contribution in [0.3, 0.4) is 0 Å². The number of rotatable bonds is 7. The lowest BCUT2D eigenvalue weighted by molar-refractivity contribution is -0.121. The molecule has 4 rings (SSSR count). The average Bonchev–Trinajstić information content (AvgIpc) is 3.22. The van der Waals surface area contributed by atoms with Gasteiger partial charge in [-0.2, -0.15) is 5.10 Å². The summed E-state index contributed by atoms with van der Waals surface area (Å²) in [7, 11) is 0. The van der Waals surface area contributed by atoms with E-state index in [-0.39, 0.29) is 5.91 Å². The number of nitrogens with zero attached hydrogens (tertiary/aromatic N) is 4. The molecule has 0 bridgehead atoms. The minimum Gasteiger partial charge on any atom is -0.358 e. The Morgan fingerprint density at radius 1 is 1.12 bits per heavy atom. The van der Waals surface area contributed by atoms with Crippen LogP contribution in [-0.4, -0.2) is 31.7 Å². The van der Waals surface area contributed by atoms with E-state index in [1.165, 1.54) is 10.4 Å². The van der Waals surface area contributed by atoms with Crippen molar-refractivity contribution >= 4 is 33.3 Å². The van der Waals surface area contributed by atoms with Gasteiger partial charge in [0.15, 0.2) is 0 Å². The van der Waals surface area contributed by atoms with Crippen LogP contribution in [0.1, 0.15) is 39.9 Å². The number of amides is 1. The normalized spacial score (nSPS) is 12.2. The van der Waals surface area contributed by atoms with Gasteiger partial charge < -0.3 is 10.6 Å². The quantitative estimate of drug-likeness (QED) is 0.441. The largest absolute Gasteiger partial charge is 0.358 e. The summed E-state index contributed by atoms with van der Waals surface area (Å²) >= 11 is 1.64. The second-order valence-corrected chi connectivity index (χ2v) is 9.27. The molecule has 0 fully saturated rings. The molecule has 0 saturated heterocycles. The summed E-state index contributed by atoms with van der Waals surface area (Å²) in [5.41, 5.74) is 5.39. The van der Waals surface area contributed by atoms with E-state index in [1.807, 2.05) is 43.7 Å². The number of nitrogens with one attached hydrogen (secondary N) is 2. The van der Waals surface area contributed by atoms with E-state index < -0.39 is 6.04 Å². The third kappa shape index (κ3) is 4.36. The van der Waals surface area contributed by atoms with E-state index >= 15 is 0 Å². The van der Waals surface area contributed by atoms with Crippen LogP contribution in [0.25, 0.3) is 10.2 Å². The molecule has 7 nitrogen and oxygen atoms in total. The number of thiophene rings is 1. The lowest BCUT2D eigenvalue weighted by Gasteiger charge is -2.15. The standard InChI is InChI=1S/C24H28N6OS/c1-14-18(5)32-24-21(14)22(26-13-27-24)28-16(3)23(31)25-11-20-15(2)29-30(17(20)4)12-19-9-7-6-8-10-19/h6-10,13,16H,11-12H2,1-5H3,(H,25,31)(H,26,27,28)/t16-/m0/s1. The Kier molecular flexibility index (Phi) is 6.23. The van der Waals surface area contributed by atoms with E-state index in [2.05, 4.69) is 51.7 Å². The zero-order chi connectivity index (χ0) is 22.8. The van der Waals surface area contributed by atoms with Crippen LogP contribution in [-0.2, 0) is 17.9 Å². The number of hydrogen-bond donors (Lipinski definition) is 2. The zero-order valence-electron chi connectivity index (χ0n) is 19.1. The average molecular weight is 449 g/mol. The Morgan fingerprint density at radius 3 is 2.62 bits per heavy atom. The van der Waals surface area contributed by atoms with Gasteiger partial charge in [-0.05, 0) is 45.7 Å². The van der Waals surface area contributed by atoms with Gasteiger partial charge in [-0.25, -0.2) is 9.97 Å². The molecule has 0 unspecified atom stereocenters. The Bertz CT molecular complexity index is 1260. The second-order valence-electron chi connectivity index (χ2n) is 8.06. The molecule has 3 heterocycles. The fourth-order valence-corrected chi connectivity index (χ4v) is 4.79. The minimum absolute atomic E-state index is 0.0871. The van der Waals surface area contributed by atoms with Gasteiger partial charge in [-0.3, -0.25) is 9.48 Å². The first-order valence-electron chi connectivity index (χ1n) is 10.7. The van der Waals surface area contributed by atoms with Crippen molar-refractivity contribution in [3.63, 3.8) is 0 Å². The summed E-state index contributed by atoms with van der Waals surface area (Å²) in [6.45, 7) is 11.2. The number of carbonyl (C=O) groups excluding carboxylic acids is 1. The highest BCUT2D eigenvalue weighted by atomic mass is 32.1. The van der Waals surface area contributed by atoms with Crippen LogP contribution in [0, 0.1) is 27.7 Å². The molecule has 0 aliphatic carbocycles. The third-order valence-corrected chi connectivity index (χ3v) is 6.97. The van der Waals surface area contributed by atoms with Gasteiger partial charge in [-0.1, -0.05) is 30.3 Å². The van der Waals surface area contributed by atoms with Crippen molar-refractivity contribution in [2.75, 3.05) is 5.32 Å². The van der Waals surface area contributed by atoms with E-state index in [0.29, 0.717) is 18.9 Å². The van der Waals surface area contributed by atoms with E-state index in [9.17, 15) is 4.79 Å². The molecule has 0 radical (unpaired) electrons. The van der Waals surface area contributed by atoms with Gasteiger partial charge in [0.25, 0.3) is 0 Å². The molecular formula is C24H28N6OS. The van der Waals surface area contributed by atoms with Crippen molar-refractivity contribution in [2.24, 2.45) is 0 Å². The first-order valence-corrected chi connectivity index (χ1v) is 11.5. The molecule has 4 aromatic rings. The molecule has 0 spiro atoms. The molecular weight excluding hydrogens is 420 g/mol. The summed E-state index contributed by atoms with van der Waals surface area (Å²) in [5, 5.41) is 12.0. The lowest BCUT2D eigenvalue weighted by Crippen LogP contribution is -2.37. The van der Waals surface area contributed by atoms with E-state index in [1.54, 1.807) is 17.7 Å². The zero-order valence-corrected chi connectivity index (χ0v) is 19.9. The SMILES string of the molecule is Cc1nn(Cc2ccccc2)c(C)c1CNC(=O)[C@H](C)Nc1ncnc2sc(C)c(C)c12. The first kappa shape index (κ1) is 22.0. The third-order valence-electron chi connectivity index (χ3n) is 5.86. The molecule has 8 heteroatoms. The second kappa shape index (κ2) is 9.08. The van der Waals surface area contributed by atoms with Gasteiger partial charge in [0.05, 0.1) is 17.6 Å². The highest BCUT2D eigenvalue weighted by Gasteiger charge is 2.19. The molecule has 3 aromatic heterocycles. The van der Waals surface area contributed by atoms with Crippen LogP contribution >= 0.6 is 11.3 Å². The maximum absolute atomic E-state index is 12.8. The monoisotopic (exact) mass is 448 g/mol. The van der Waals surface area contributed by atoms with Gasteiger partial charge in [0, 0.05) is 22.7 Å². The summed E-state index contributed by atoms with van der Waals surface area (Å²) < 4.78 is 1.99. The fraction of sp³-hybridized carbons (Fsp3) is 0.333. The van der Waals surface area contributed by atoms with Crippen molar-refractivity contribution in [2.45, 2.75) is 53.8 Å². The number of aromatic nitrogens is 4. The van der Waals surface area contributed by atoms with Crippen LogP contribution < -0.4 is 10.6 Å². The van der Waals surface area contributed by atoms with Crippen molar-refractivity contribution in [3.8, 4) is 0 Å². The predicted molar refractivity (Wildman–Crippen MR) is 129 cm³/mol. The minimum atomic E-state index is -0.437. The van der Waals surface area contributed by atoms with Gasteiger partial charge in [-0.15, -0.1) is 11.3 Å². The first-order chi connectivity index (χ1) is 15.3. The lowest BCUT2D eigenvalue weighted by atomic mass is 10.1. The van der Waals surface area contributed by atoms with Crippen molar-refractivity contribution < 1.29 is 4.79 Å². The summed E-state index contributed by atoms with van der Waals surface area (Å²) in [4.78, 5) is 23.7. The van der Waals surface area contributed by atoms with Crippen molar-refractivity contribution in [1.82, 2.24) is 25.1 Å². The van der Waals surface area contributed by atoms with Gasteiger partial charge in [0.1, 0.15) is 23.0 Å². The molecule has 166 valence electrons. The highest BCUT2D eigenvalue weighted by Crippen LogP contribution is 2.32. The smallest absolute Gasteiger partial charge is 0.242 e. The number of anilines is 1. The van der Waals surface area contributed by atoms with Gasteiger partial charge >= 0.3 is 0 Å². The number of hydrogen-bond acceptors (Lipinski definition) is 6. The number of benzene rings is 1. The van der Waals surface area contributed by atoms with Crippen LogP contribution in [0.5, 0.6) is 0 Å². The number of fused-ring (bicyclic) bond motifs is 1. The molecule has 0 aliphatic heterocycles. The van der Waals surface area contributed by atoms with E-state index in [4.69, 9.17) is 0 Å². The number of aryl methyl sites for hydroxylation is 3. The molecule has 2 N–H and O–H groups in total. The van der Waals surface area contributed by atoms with Crippen LogP contribution in [0.15, 0.2) is 36.7 Å². The molecule has 1 amide bonds. The Hall–Kier alpha value is -3.26. The van der Waals surface area contributed by atoms with E-state index in [0.717, 1.165) is 32.7 Å². The maximum Gasteiger partial charge on any atom is 0.242 e. The predicted octanol–water partition coefficient (Wildman–Crippen LogP) is 4.29. The highest BCUT2D eigenvalue weighted by molar-refractivity contribution is 7.18. The molecule has 32 heavy (non-hydrogen) atoms. The summed E-state index contributed by atoms with van der Waals surface area (Å²) in [5.74, 6) is 0.610. The van der Waals surface area contributed by atoms with Crippen LogP contribution in [0.2, 0.25) is 0 Å². The molecule has 1 atom stereocenters. The molecule has 1 aromatic carbocycles. The topological polar surface area (TPSA) is 84.7 Å². The van der Waals surface area contributed by atoms with Gasteiger partial charge in [0.2, 0.25) is 5.91 Å². The molecule has 0 aliphatic rings. The Morgan fingerprint density at radius 2 is 1.88 bits per heavy atom. The Labute approximate surface area is 191 Å². The molecule has 0 saturated carbocycles. The van der Waals surface area contributed by atoms with Crippen molar-refractivity contribution in [3.05, 3.63) is 69.6 Å². The van der Waals surface area contributed by atoms with Crippen molar-refractivity contribution in [1.29, 1.82) is 0 Å². The number of carbonyl (C=O) groups is 1. The van der Waals surface area contributed by atoms with Crippen LogP contribution in [0.4, 0.5) is 5.82 Å². The maximum atomic E-state index is 12.8. The summed E-state index contributed by atoms with van der Waals surface area (Å²) in [6, 6.07) is 9.81. The summed E-state index contributed by atoms with van der Waals surface area (Å²) in [6.07, 6.45) is 1.54. The Balaban J connectivity index is 1.43.